The molecule has 0 aliphatic carbocycles. The quantitative estimate of drug-likeness (QED) is 0.152. The second-order valence-corrected chi connectivity index (χ2v) is 15.0. The van der Waals surface area contributed by atoms with Gasteiger partial charge in [-0.25, -0.2) is 19.9 Å². The van der Waals surface area contributed by atoms with Crippen LogP contribution in [-0.2, 0) is 0 Å². The second kappa shape index (κ2) is 15.0. The van der Waals surface area contributed by atoms with E-state index in [2.05, 4.69) is 182 Å². The molecule has 9 aromatic carbocycles. The molecule has 0 amide bonds. The van der Waals surface area contributed by atoms with Crippen molar-refractivity contribution < 1.29 is 0 Å². The number of para-hydroxylation sites is 1. The summed E-state index contributed by atoms with van der Waals surface area (Å²) in [6.07, 6.45) is 0. The van der Waals surface area contributed by atoms with Gasteiger partial charge >= 0.3 is 0 Å². The van der Waals surface area contributed by atoms with Crippen LogP contribution in [0.2, 0.25) is 0 Å². The van der Waals surface area contributed by atoms with E-state index in [4.69, 9.17) is 19.9 Å². The van der Waals surface area contributed by atoms with Gasteiger partial charge in [-0.2, -0.15) is 0 Å². The molecule has 11 aromatic rings. The van der Waals surface area contributed by atoms with Gasteiger partial charge in [0.2, 0.25) is 0 Å². The minimum absolute atomic E-state index is 0.627. The SMILES string of the molecule is c1ccc(-c2ccc(-c3nc(-c4ccccc4)nc(-c4cccc(-c5cccc(-c6ccc(-c7nc8ccccc8c8ccc9ccccc9c78)cc6)c5)c4)n3)cc2)cc1. The third kappa shape index (κ3) is 6.56. The molecule has 60 heavy (non-hydrogen) atoms. The van der Waals surface area contributed by atoms with Crippen LogP contribution in [0.1, 0.15) is 0 Å². The molecular weight excluding hydrogens is 729 g/mol. The van der Waals surface area contributed by atoms with E-state index in [-0.39, 0.29) is 0 Å². The maximum Gasteiger partial charge on any atom is 0.164 e. The minimum atomic E-state index is 0.627. The number of fused-ring (bicyclic) bond motifs is 5. The molecule has 280 valence electrons. The fourth-order valence-electron chi connectivity index (χ4n) is 8.26. The largest absolute Gasteiger partial charge is 0.247 e. The molecule has 0 radical (unpaired) electrons. The average Bonchev–Trinajstić information content (AvgIpc) is 3.34. The topological polar surface area (TPSA) is 51.6 Å². The molecule has 0 atom stereocenters. The van der Waals surface area contributed by atoms with Crippen LogP contribution in [0.4, 0.5) is 0 Å². The zero-order valence-electron chi connectivity index (χ0n) is 32.6. The third-order valence-corrected chi connectivity index (χ3v) is 11.3. The maximum absolute atomic E-state index is 5.26. The van der Waals surface area contributed by atoms with E-state index in [1.165, 1.54) is 32.5 Å². The standard InChI is InChI=1S/C56H36N4/c1-3-13-37(14-4-1)38-27-31-43(32-28-38)55-58-54(42-16-5-2-6-17-42)59-56(60-55)47-21-12-20-46(36-47)45-19-11-18-44(35-45)39-25-29-41(30-26-39)53-52-48-22-8-7-15-40(48)33-34-50(52)49-23-9-10-24-51(49)57-53/h1-36H. The highest BCUT2D eigenvalue weighted by molar-refractivity contribution is 6.21. The first-order valence-electron chi connectivity index (χ1n) is 20.2. The molecule has 0 bridgehead atoms. The van der Waals surface area contributed by atoms with E-state index < -0.39 is 0 Å². The summed E-state index contributed by atoms with van der Waals surface area (Å²) in [5, 5.41) is 5.99. The Morgan fingerprint density at radius 1 is 0.233 bits per heavy atom. The second-order valence-electron chi connectivity index (χ2n) is 15.0. The Bertz CT molecular complexity index is 3340. The first-order valence-corrected chi connectivity index (χ1v) is 20.2. The first kappa shape index (κ1) is 35.1. The molecule has 0 fully saturated rings. The summed E-state index contributed by atoms with van der Waals surface area (Å²) in [5.41, 5.74) is 12.7. The Labute approximate surface area is 348 Å². The van der Waals surface area contributed by atoms with Crippen molar-refractivity contribution >= 4 is 32.4 Å². The number of rotatable bonds is 7. The van der Waals surface area contributed by atoms with Crippen molar-refractivity contribution in [1.29, 1.82) is 0 Å². The van der Waals surface area contributed by atoms with Crippen molar-refractivity contribution in [2.75, 3.05) is 0 Å². The molecule has 4 heteroatoms. The maximum atomic E-state index is 5.26. The monoisotopic (exact) mass is 764 g/mol. The van der Waals surface area contributed by atoms with E-state index in [1.54, 1.807) is 0 Å². The summed E-state index contributed by atoms with van der Waals surface area (Å²) in [5.74, 6) is 1.90. The van der Waals surface area contributed by atoms with E-state index in [1.807, 2.05) is 36.4 Å². The summed E-state index contributed by atoms with van der Waals surface area (Å²) < 4.78 is 0. The van der Waals surface area contributed by atoms with E-state index in [9.17, 15) is 0 Å². The van der Waals surface area contributed by atoms with Gasteiger partial charge in [0.1, 0.15) is 0 Å². The lowest BCUT2D eigenvalue weighted by Gasteiger charge is -2.13. The molecule has 0 unspecified atom stereocenters. The zero-order valence-corrected chi connectivity index (χ0v) is 32.6. The highest BCUT2D eigenvalue weighted by Gasteiger charge is 2.16. The van der Waals surface area contributed by atoms with Crippen LogP contribution >= 0.6 is 0 Å². The lowest BCUT2D eigenvalue weighted by molar-refractivity contribution is 1.07. The van der Waals surface area contributed by atoms with Crippen molar-refractivity contribution in [2.24, 2.45) is 0 Å². The van der Waals surface area contributed by atoms with Crippen LogP contribution in [0.5, 0.6) is 0 Å². The highest BCUT2D eigenvalue weighted by atomic mass is 15.0. The summed E-state index contributed by atoms with van der Waals surface area (Å²) in [7, 11) is 0. The number of hydrogen-bond donors (Lipinski definition) is 0. The Morgan fingerprint density at radius 3 is 1.35 bits per heavy atom. The summed E-state index contributed by atoms with van der Waals surface area (Å²) in [6.45, 7) is 0. The van der Waals surface area contributed by atoms with Gasteiger partial charge in [-0.1, -0.05) is 200 Å². The van der Waals surface area contributed by atoms with Gasteiger partial charge < -0.3 is 0 Å². The summed E-state index contributed by atoms with van der Waals surface area (Å²) in [4.78, 5) is 20.3. The van der Waals surface area contributed by atoms with Crippen LogP contribution in [0.15, 0.2) is 218 Å². The Kier molecular flexibility index (Phi) is 8.79. The van der Waals surface area contributed by atoms with Crippen molar-refractivity contribution in [3.8, 4) is 78.8 Å². The van der Waals surface area contributed by atoms with Crippen LogP contribution in [0.25, 0.3) is 111 Å². The number of aromatic nitrogens is 4. The summed E-state index contributed by atoms with van der Waals surface area (Å²) in [6, 6.07) is 76.5. The summed E-state index contributed by atoms with van der Waals surface area (Å²) >= 11 is 0. The fraction of sp³-hybridized carbons (Fsp3) is 0. The van der Waals surface area contributed by atoms with Gasteiger partial charge in [-0.05, 0) is 67.7 Å². The number of hydrogen-bond acceptors (Lipinski definition) is 4. The first-order chi connectivity index (χ1) is 29.7. The average molecular weight is 765 g/mol. The number of benzene rings is 9. The number of pyridine rings is 1. The minimum Gasteiger partial charge on any atom is -0.247 e. The third-order valence-electron chi connectivity index (χ3n) is 11.3. The van der Waals surface area contributed by atoms with Gasteiger partial charge in [-0.15, -0.1) is 0 Å². The molecule has 4 nitrogen and oxygen atoms in total. The van der Waals surface area contributed by atoms with Gasteiger partial charge in [0, 0.05) is 33.0 Å². The lowest BCUT2D eigenvalue weighted by atomic mass is 9.94. The smallest absolute Gasteiger partial charge is 0.164 e. The molecule has 11 rings (SSSR count). The van der Waals surface area contributed by atoms with E-state index in [0.717, 1.165) is 61.3 Å². The van der Waals surface area contributed by atoms with Gasteiger partial charge in [0.05, 0.1) is 11.2 Å². The van der Waals surface area contributed by atoms with Crippen LogP contribution < -0.4 is 0 Å². The van der Waals surface area contributed by atoms with Crippen molar-refractivity contribution in [1.82, 2.24) is 19.9 Å². The van der Waals surface area contributed by atoms with E-state index in [0.29, 0.717) is 17.5 Å². The van der Waals surface area contributed by atoms with Crippen LogP contribution in [0, 0.1) is 0 Å². The highest BCUT2D eigenvalue weighted by Crippen LogP contribution is 2.38. The molecule has 2 aromatic heterocycles. The Balaban J connectivity index is 0.941. The lowest BCUT2D eigenvalue weighted by Crippen LogP contribution is -2.00. The van der Waals surface area contributed by atoms with Gasteiger partial charge in [0.25, 0.3) is 0 Å². The number of nitrogens with zero attached hydrogens (tertiary/aromatic N) is 4. The molecule has 0 N–H and O–H groups in total. The van der Waals surface area contributed by atoms with Crippen molar-refractivity contribution in [2.45, 2.75) is 0 Å². The van der Waals surface area contributed by atoms with Crippen molar-refractivity contribution in [3.05, 3.63) is 218 Å². The molecule has 0 aliphatic heterocycles. The molecule has 0 saturated heterocycles. The van der Waals surface area contributed by atoms with Crippen molar-refractivity contribution in [3.63, 3.8) is 0 Å². The Morgan fingerprint density at radius 2 is 0.667 bits per heavy atom. The molecule has 0 aliphatic rings. The molecular formula is C56H36N4. The van der Waals surface area contributed by atoms with Crippen LogP contribution in [-0.4, -0.2) is 19.9 Å². The van der Waals surface area contributed by atoms with E-state index >= 15 is 0 Å². The molecule has 0 spiro atoms. The van der Waals surface area contributed by atoms with Crippen LogP contribution in [0.3, 0.4) is 0 Å². The normalized spacial score (nSPS) is 11.3. The zero-order chi connectivity index (χ0) is 39.8. The predicted molar refractivity (Wildman–Crippen MR) is 248 cm³/mol. The fourth-order valence-corrected chi connectivity index (χ4v) is 8.26. The Hall–Kier alpha value is -8.08. The van der Waals surface area contributed by atoms with Gasteiger partial charge in [0.15, 0.2) is 17.5 Å². The molecule has 0 saturated carbocycles. The molecule has 2 heterocycles. The van der Waals surface area contributed by atoms with Gasteiger partial charge in [-0.3, -0.25) is 0 Å². The predicted octanol–water partition coefficient (Wildman–Crippen LogP) is 14.4.